The fourth-order valence-electron chi connectivity index (χ4n) is 2.11. The number of benzene rings is 2. The van der Waals surface area contributed by atoms with Crippen molar-refractivity contribution < 1.29 is 13.2 Å². The Morgan fingerprint density at radius 2 is 1.95 bits per heavy atom. The first kappa shape index (κ1) is 11.8. The van der Waals surface area contributed by atoms with E-state index in [1.54, 1.807) is 24.4 Å². The Morgan fingerprint density at radius 3 is 2.74 bits per heavy atom. The van der Waals surface area contributed by atoms with E-state index in [4.69, 9.17) is 0 Å². The Morgan fingerprint density at radius 1 is 1.11 bits per heavy atom. The third-order valence-electron chi connectivity index (χ3n) is 3.03. The summed E-state index contributed by atoms with van der Waals surface area (Å²) < 4.78 is 38.1. The second-order valence-corrected chi connectivity index (χ2v) is 4.25. The van der Waals surface area contributed by atoms with Crippen LogP contribution in [-0.2, 0) is 6.18 Å². The van der Waals surface area contributed by atoms with Gasteiger partial charge in [0.1, 0.15) is 0 Å². The quantitative estimate of drug-likeness (QED) is 0.655. The van der Waals surface area contributed by atoms with Crippen LogP contribution < -0.4 is 0 Å². The van der Waals surface area contributed by atoms with Gasteiger partial charge in [-0.3, -0.25) is 0 Å². The first-order valence-electron chi connectivity index (χ1n) is 5.70. The second kappa shape index (κ2) is 4.16. The van der Waals surface area contributed by atoms with Gasteiger partial charge in [0, 0.05) is 22.7 Å². The van der Waals surface area contributed by atoms with Crippen molar-refractivity contribution in [2.45, 2.75) is 6.18 Å². The van der Waals surface area contributed by atoms with E-state index in [-0.39, 0.29) is 0 Å². The van der Waals surface area contributed by atoms with E-state index < -0.39 is 11.7 Å². The molecule has 0 saturated heterocycles. The Bertz CT molecular complexity index is 725. The van der Waals surface area contributed by atoms with Crippen molar-refractivity contribution in [1.29, 1.82) is 0 Å². The maximum Gasteiger partial charge on any atom is 0.416 e. The number of rotatable bonds is 1. The average Bonchev–Trinajstić information content (AvgIpc) is 2.82. The van der Waals surface area contributed by atoms with E-state index in [1.165, 1.54) is 12.1 Å². The number of hydrogen-bond acceptors (Lipinski definition) is 0. The summed E-state index contributed by atoms with van der Waals surface area (Å²) in [5.41, 5.74) is 1.53. The third-order valence-corrected chi connectivity index (χ3v) is 3.03. The Balaban J connectivity index is 2.17. The fourth-order valence-corrected chi connectivity index (χ4v) is 2.11. The molecule has 0 atom stereocenters. The number of hydrogen-bond donors (Lipinski definition) is 1. The summed E-state index contributed by atoms with van der Waals surface area (Å²) in [6.07, 6.45) is -2.61. The zero-order valence-electron chi connectivity index (χ0n) is 9.75. The standard InChI is InChI=1S/C15H9F3N/c16-15(17,18)11-5-3-4-10(8-11)13-9-19-14-7-2-1-6-12(13)14/h1,3-9,19H. The van der Waals surface area contributed by atoms with Gasteiger partial charge in [-0.2, -0.15) is 13.2 Å². The number of nitrogens with one attached hydrogen (secondary N) is 1. The number of fused-ring (bicyclic) bond motifs is 1. The average molecular weight is 260 g/mol. The summed E-state index contributed by atoms with van der Waals surface area (Å²) in [6.45, 7) is 0. The van der Waals surface area contributed by atoms with Gasteiger partial charge >= 0.3 is 6.18 Å². The molecule has 0 fully saturated rings. The van der Waals surface area contributed by atoms with E-state index >= 15 is 0 Å². The van der Waals surface area contributed by atoms with Gasteiger partial charge < -0.3 is 4.98 Å². The minimum Gasteiger partial charge on any atom is -0.361 e. The lowest BCUT2D eigenvalue weighted by Crippen LogP contribution is -2.04. The number of aromatic nitrogens is 1. The molecular weight excluding hydrogens is 251 g/mol. The molecule has 1 nitrogen and oxygen atoms in total. The molecule has 1 aromatic heterocycles. The van der Waals surface area contributed by atoms with Crippen LogP contribution in [-0.4, -0.2) is 4.98 Å². The number of aromatic amines is 1. The molecule has 0 amide bonds. The monoisotopic (exact) mass is 260 g/mol. The van der Waals surface area contributed by atoms with Gasteiger partial charge in [0.2, 0.25) is 0 Å². The fraction of sp³-hybridized carbons (Fsp3) is 0.0667. The van der Waals surface area contributed by atoms with E-state index in [0.29, 0.717) is 5.56 Å². The molecule has 0 aliphatic rings. The summed E-state index contributed by atoms with van der Waals surface area (Å²) in [4.78, 5) is 3.03. The van der Waals surface area contributed by atoms with Crippen molar-refractivity contribution in [1.82, 2.24) is 4.98 Å². The van der Waals surface area contributed by atoms with E-state index in [1.807, 2.05) is 6.07 Å². The first-order chi connectivity index (χ1) is 9.05. The molecule has 0 saturated carbocycles. The van der Waals surface area contributed by atoms with Crippen molar-refractivity contribution in [2.24, 2.45) is 0 Å². The van der Waals surface area contributed by atoms with Crippen molar-refractivity contribution in [3.05, 3.63) is 60.3 Å². The summed E-state index contributed by atoms with van der Waals surface area (Å²) in [5, 5.41) is 0.887. The summed E-state index contributed by atoms with van der Waals surface area (Å²) in [7, 11) is 0. The summed E-state index contributed by atoms with van der Waals surface area (Å²) >= 11 is 0. The Hall–Kier alpha value is -2.23. The highest BCUT2D eigenvalue weighted by Gasteiger charge is 2.30. The molecular formula is C15H9F3N. The van der Waals surface area contributed by atoms with Crippen molar-refractivity contribution >= 4 is 10.9 Å². The van der Waals surface area contributed by atoms with Gasteiger partial charge in [0.25, 0.3) is 0 Å². The highest BCUT2D eigenvalue weighted by atomic mass is 19.4. The van der Waals surface area contributed by atoms with Crippen LogP contribution in [0.5, 0.6) is 0 Å². The number of H-pyrrole nitrogens is 1. The molecule has 0 aliphatic carbocycles. The van der Waals surface area contributed by atoms with Crippen LogP contribution in [0.4, 0.5) is 13.2 Å². The van der Waals surface area contributed by atoms with Gasteiger partial charge in [-0.05, 0) is 29.8 Å². The maximum atomic E-state index is 12.7. The normalized spacial score (nSPS) is 11.9. The van der Waals surface area contributed by atoms with Crippen LogP contribution >= 0.6 is 0 Å². The Labute approximate surface area is 107 Å². The molecule has 19 heavy (non-hydrogen) atoms. The lowest BCUT2D eigenvalue weighted by molar-refractivity contribution is -0.137. The molecule has 3 aromatic rings. The predicted molar refractivity (Wildman–Crippen MR) is 67.6 cm³/mol. The third kappa shape index (κ3) is 2.10. The minimum absolute atomic E-state index is 0.548. The second-order valence-electron chi connectivity index (χ2n) is 4.25. The minimum atomic E-state index is -4.32. The molecule has 0 unspecified atom stereocenters. The van der Waals surface area contributed by atoms with Crippen molar-refractivity contribution in [3.8, 4) is 11.1 Å². The molecule has 4 heteroatoms. The zero-order chi connectivity index (χ0) is 13.5. The molecule has 0 bridgehead atoms. The largest absolute Gasteiger partial charge is 0.416 e. The van der Waals surface area contributed by atoms with Crippen LogP contribution in [0.1, 0.15) is 5.56 Å². The lowest BCUT2D eigenvalue weighted by atomic mass is 10.0. The van der Waals surface area contributed by atoms with Gasteiger partial charge in [-0.1, -0.05) is 24.3 Å². The summed E-state index contributed by atoms with van der Waals surface area (Å²) in [6, 6.07) is 13.6. The Kier molecular flexibility index (Phi) is 2.59. The van der Waals surface area contributed by atoms with Crippen LogP contribution in [0.2, 0.25) is 0 Å². The molecule has 95 valence electrons. The molecule has 1 radical (unpaired) electrons. The number of halogens is 3. The zero-order valence-corrected chi connectivity index (χ0v) is 9.75. The highest BCUT2D eigenvalue weighted by Crippen LogP contribution is 2.34. The molecule has 1 heterocycles. The van der Waals surface area contributed by atoms with Gasteiger partial charge in [0.05, 0.1) is 5.56 Å². The molecule has 1 N–H and O–H groups in total. The van der Waals surface area contributed by atoms with E-state index in [0.717, 1.165) is 22.5 Å². The van der Waals surface area contributed by atoms with Gasteiger partial charge in [-0.15, -0.1) is 0 Å². The van der Waals surface area contributed by atoms with E-state index in [2.05, 4.69) is 11.1 Å². The molecule has 2 aromatic carbocycles. The molecule has 0 aliphatic heterocycles. The van der Waals surface area contributed by atoms with Gasteiger partial charge in [-0.25, -0.2) is 0 Å². The van der Waals surface area contributed by atoms with Crippen molar-refractivity contribution in [2.75, 3.05) is 0 Å². The van der Waals surface area contributed by atoms with Crippen LogP contribution in [0.25, 0.3) is 22.0 Å². The lowest BCUT2D eigenvalue weighted by Gasteiger charge is -2.08. The smallest absolute Gasteiger partial charge is 0.361 e. The number of alkyl halides is 3. The van der Waals surface area contributed by atoms with Crippen LogP contribution in [0.15, 0.2) is 48.7 Å². The topological polar surface area (TPSA) is 15.8 Å². The highest BCUT2D eigenvalue weighted by molar-refractivity contribution is 5.95. The van der Waals surface area contributed by atoms with Crippen LogP contribution in [0, 0.1) is 6.07 Å². The maximum absolute atomic E-state index is 12.7. The van der Waals surface area contributed by atoms with Gasteiger partial charge in [0.15, 0.2) is 0 Å². The first-order valence-corrected chi connectivity index (χ1v) is 5.70. The van der Waals surface area contributed by atoms with Crippen molar-refractivity contribution in [3.63, 3.8) is 0 Å². The SMILES string of the molecule is FC(F)(F)c1cccc(-c2c[nH]c3c[c]ccc23)c1. The summed E-state index contributed by atoms with van der Waals surface area (Å²) in [5.74, 6) is 0. The molecule has 0 spiro atoms. The predicted octanol–water partition coefficient (Wildman–Crippen LogP) is 4.65. The van der Waals surface area contributed by atoms with Crippen LogP contribution in [0.3, 0.4) is 0 Å². The molecule has 3 rings (SSSR count). The van der Waals surface area contributed by atoms with E-state index in [9.17, 15) is 13.2 Å².